The molecular weight excluding hydrogens is 339 g/mol. The number of alkyl halides is 3. The van der Waals surface area contributed by atoms with Crippen LogP contribution in [0.1, 0.15) is 26.3 Å². The average Bonchev–Trinajstić information content (AvgIpc) is 2.49. The van der Waals surface area contributed by atoms with Gasteiger partial charge in [0.2, 0.25) is 0 Å². The van der Waals surface area contributed by atoms with Crippen molar-refractivity contribution in [3.8, 4) is 0 Å². The number of carbonyl (C=O) groups is 2. The molecule has 0 saturated heterocycles. The van der Waals surface area contributed by atoms with Gasteiger partial charge in [-0.2, -0.15) is 13.2 Å². The Morgan fingerprint density at radius 1 is 1.20 bits per heavy atom. The van der Waals surface area contributed by atoms with Gasteiger partial charge >= 0.3 is 12.1 Å². The van der Waals surface area contributed by atoms with Crippen LogP contribution in [0.4, 0.5) is 18.9 Å². The zero-order chi connectivity index (χ0) is 19.2. The first kappa shape index (κ1) is 20.2. The van der Waals surface area contributed by atoms with Gasteiger partial charge < -0.3 is 15.8 Å². The van der Waals surface area contributed by atoms with Gasteiger partial charge in [0.25, 0.3) is 5.91 Å². The fourth-order valence-electron chi connectivity index (χ4n) is 1.86. The Morgan fingerprint density at radius 3 is 2.32 bits per heavy atom. The third-order valence-electron chi connectivity index (χ3n) is 2.92. The van der Waals surface area contributed by atoms with Crippen molar-refractivity contribution < 1.29 is 27.5 Å². The van der Waals surface area contributed by atoms with Crippen LogP contribution in [-0.2, 0) is 20.5 Å². The molecule has 0 saturated carbocycles. The number of nitrogens with one attached hydrogen (secondary N) is 1. The summed E-state index contributed by atoms with van der Waals surface area (Å²) in [5, 5.41) is 2.38. The maximum absolute atomic E-state index is 13.0. The Morgan fingerprint density at radius 2 is 1.80 bits per heavy atom. The molecule has 0 aliphatic rings. The van der Waals surface area contributed by atoms with Gasteiger partial charge in [0, 0.05) is 12.6 Å². The lowest BCUT2D eigenvalue weighted by molar-refractivity contribution is -0.146. The molecule has 1 aromatic rings. The lowest BCUT2D eigenvalue weighted by Gasteiger charge is -2.14. The number of para-hydroxylation sites is 1. The van der Waals surface area contributed by atoms with Crippen LogP contribution in [0.15, 0.2) is 40.7 Å². The van der Waals surface area contributed by atoms with E-state index < -0.39 is 30.2 Å². The molecule has 0 aromatic heterocycles. The molecule has 1 rings (SSSR count). The second-order valence-corrected chi connectivity index (χ2v) is 5.10. The number of aliphatic imine (C=N–C) groups is 1. The van der Waals surface area contributed by atoms with Crippen molar-refractivity contribution in [1.29, 1.82) is 0 Å². The summed E-state index contributed by atoms with van der Waals surface area (Å²) in [4.78, 5) is 26.4. The number of halogens is 3. The quantitative estimate of drug-likeness (QED) is 0.626. The van der Waals surface area contributed by atoms with Crippen LogP contribution in [0, 0.1) is 0 Å². The number of amides is 1. The molecule has 25 heavy (non-hydrogen) atoms. The molecule has 3 N–H and O–H groups in total. The van der Waals surface area contributed by atoms with Gasteiger partial charge in [0.1, 0.15) is 0 Å². The molecule has 0 bridgehead atoms. The van der Waals surface area contributed by atoms with E-state index in [2.05, 4.69) is 15.0 Å². The predicted molar refractivity (Wildman–Crippen MR) is 85.9 cm³/mol. The van der Waals surface area contributed by atoms with Gasteiger partial charge in [-0.05, 0) is 26.0 Å². The largest absolute Gasteiger partial charge is 0.456 e. The van der Waals surface area contributed by atoms with Gasteiger partial charge in [-0.1, -0.05) is 12.1 Å². The van der Waals surface area contributed by atoms with Crippen molar-refractivity contribution in [2.24, 2.45) is 10.7 Å². The summed E-state index contributed by atoms with van der Waals surface area (Å²) >= 11 is 0. The summed E-state index contributed by atoms with van der Waals surface area (Å²) < 4.78 is 43.6. The van der Waals surface area contributed by atoms with Crippen LogP contribution >= 0.6 is 0 Å². The van der Waals surface area contributed by atoms with Crippen LogP contribution in [-0.4, -0.2) is 24.2 Å². The lowest BCUT2D eigenvalue weighted by atomic mass is 10.1. The van der Waals surface area contributed by atoms with Crippen LogP contribution in [0.5, 0.6) is 0 Å². The summed E-state index contributed by atoms with van der Waals surface area (Å²) in [6.07, 6.45) is -4.57. The monoisotopic (exact) mass is 357 g/mol. The number of rotatable bonds is 5. The summed E-state index contributed by atoms with van der Waals surface area (Å²) in [5.74, 6) is -1.33. The number of benzene rings is 1. The second kappa shape index (κ2) is 8.32. The van der Waals surface area contributed by atoms with E-state index in [1.165, 1.54) is 32.0 Å². The van der Waals surface area contributed by atoms with E-state index in [0.717, 1.165) is 13.0 Å². The maximum atomic E-state index is 13.0. The molecule has 9 heteroatoms. The highest BCUT2D eigenvalue weighted by atomic mass is 19.4. The van der Waals surface area contributed by atoms with Gasteiger partial charge in [0.15, 0.2) is 6.61 Å². The van der Waals surface area contributed by atoms with E-state index in [4.69, 9.17) is 5.73 Å². The normalized spacial score (nSPS) is 13.1. The van der Waals surface area contributed by atoms with Crippen LogP contribution < -0.4 is 11.1 Å². The molecule has 0 aliphatic heterocycles. The molecule has 0 unspecified atom stereocenters. The second-order valence-electron chi connectivity index (χ2n) is 5.10. The van der Waals surface area contributed by atoms with E-state index in [-0.39, 0.29) is 22.8 Å². The van der Waals surface area contributed by atoms with Crippen LogP contribution in [0.25, 0.3) is 0 Å². The molecule has 136 valence electrons. The van der Waals surface area contributed by atoms with E-state index in [1.54, 1.807) is 0 Å². The number of allylic oxidation sites excluding steroid dienone is 2. The van der Waals surface area contributed by atoms with Crippen LogP contribution in [0.3, 0.4) is 0 Å². The minimum Gasteiger partial charge on any atom is -0.456 e. The number of carbonyl (C=O) groups excluding carboxylic acids is 2. The maximum Gasteiger partial charge on any atom is 0.418 e. The van der Waals surface area contributed by atoms with Crippen molar-refractivity contribution in [3.63, 3.8) is 0 Å². The molecule has 0 aliphatic carbocycles. The minimum absolute atomic E-state index is 0.0501. The number of hydrogen-bond donors (Lipinski definition) is 2. The fraction of sp³-hybridized carbons (Fsp3) is 0.312. The smallest absolute Gasteiger partial charge is 0.418 e. The van der Waals surface area contributed by atoms with Crippen molar-refractivity contribution >= 4 is 23.3 Å². The SMILES string of the molecule is CC(=O)OCC(=O)NC(C(C)=Nc1ccccc1C(F)(F)F)=C(C)N. The topological polar surface area (TPSA) is 93.8 Å². The Hall–Kier alpha value is -2.84. The molecule has 6 nitrogen and oxygen atoms in total. The van der Waals surface area contributed by atoms with Crippen molar-refractivity contribution in [2.75, 3.05) is 6.61 Å². The molecule has 0 atom stereocenters. The zero-order valence-corrected chi connectivity index (χ0v) is 13.9. The fourth-order valence-corrected chi connectivity index (χ4v) is 1.86. The third-order valence-corrected chi connectivity index (χ3v) is 2.92. The number of hydrogen-bond acceptors (Lipinski definition) is 5. The Kier molecular flexibility index (Phi) is 6.72. The summed E-state index contributed by atoms with van der Waals surface area (Å²) in [6, 6.07) is 4.78. The highest BCUT2D eigenvalue weighted by molar-refractivity contribution is 6.03. The minimum atomic E-state index is -4.57. The van der Waals surface area contributed by atoms with Crippen molar-refractivity contribution in [3.05, 3.63) is 41.2 Å². The van der Waals surface area contributed by atoms with E-state index in [1.807, 2.05) is 0 Å². The van der Waals surface area contributed by atoms with Crippen LogP contribution in [0.2, 0.25) is 0 Å². The predicted octanol–water partition coefficient (Wildman–Crippen LogP) is 2.67. The molecule has 0 radical (unpaired) electrons. The molecule has 0 heterocycles. The van der Waals surface area contributed by atoms with Crippen molar-refractivity contribution in [1.82, 2.24) is 5.32 Å². The molecular formula is C16H18F3N3O3. The number of nitrogens with two attached hydrogens (primary N) is 1. The summed E-state index contributed by atoms with van der Waals surface area (Å²) in [6.45, 7) is 3.46. The van der Waals surface area contributed by atoms with E-state index >= 15 is 0 Å². The van der Waals surface area contributed by atoms with Crippen molar-refractivity contribution in [2.45, 2.75) is 26.9 Å². The Labute approximate surface area is 142 Å². The number of esters is 1. The highest BCUT2D eigenvalue weighted by Gasteiger charge is 2.33. The number of ether oxygens (including phenoxy) is 1. The molecule has 0 fully saturated rings. The first-order valence-corrected chi connectivity index (χ1v) is 7.13. The number of nitrogens with zero attached hydrogens (tertiary/aromatic N) is 1. The van der Waals surface area contributed by atoms with E-state index in [9.17, 15) is 22.8 Å². The Balaban J connectivity index is 3.11. The highest BCUT2D eigenvalue weighted by Crippen LogP contribution is 2.36. The first-order valence-electron chi connectivity index (χ1n) is 7.13. The zero-order valence-electron chi connectivity index (χ0n) is 13.9. The lowest BCUT2D eigenvalue weighted by Crippen LogP contribution is -2.32. The molecule has 0 spiro atoms. The molecule has 1 amide bonds. The van der Waals surface area contributed by atoms with Gasteiger partial charge in [0.05, 0.1) is 22.7 Å². The van der Waals surface area contributed by atoms with Gasteiger partial charge in [-0.25, -0.2) is 0 Å². The standard InChI is InChI=1S/C16H18F3N3O3/c1-9(20)15(22-14(24)8-25-11(3)23)10(2)21-13-7-5-4-6-12(13)16(17,18)19/h4-7H,8,20H2,1-3H3,(H,22,24). The average molecular weight is 357 g/mol. The summed E-state index contributed by atoms with van der Waals surface area (Å²) in [5.41, 5.74) is 4.73. The first-order chi connectivity index (χ1) is 11.5. The summed E-state index contributed by atoms with van der Waals surface area (Å²) in [7, 11) is 0. The third kappa shape index (κ3) is 6.28. The van der Waals surface area contributed by atoms with Gasteiger partial charge in [-0.15, -0.1) is 0 Å². The van der Waals surface area contributed by atoms with E-state index in [0.29, 0.717) is 0 Å². The van der Waals surface area contributed by atoms with Gasteiger partial charge in [-0.3, -0.25) is 14.6 Å². The molecule has 1 aromatic carbocycles. The Bertz CT molecular complexity index is 721.